The SMILES string of the molecule is CCC(O)(c1ccsc1)C1CC1(C)C. The third-order valence-corrected chi connectivity index (χ3v) is 4.33. The Kier molecular flexibility index (Phi) is 2.24. The Bertz CT molecular complexity index is 315. The van der Waals surface area contributed by atoms with Gasteiger partial charge in [0.25, 0.3) is 0 Å². The van der Waals surface area contributed by atoms with Crippen LogP contribution in [-0.2, 0) is 5.60 Å². The molecule has 1 aromatic rings. The second-order valence-electron chi connectivity index (χ2n) is 5.04. The molecule has 14 heavy (non-hydrogen) atoms. The molecule has 1 aliphatic carbocycles. The molecule has 1 aliphatic rings. The molecule has 0 amide bonds. The highest BCUT2D eigenvalue weighted by molar-refractivity contribution is 7.08. The first kappa shape index (κ1) is 10.2. The van der Waals surface area contributed by atoms with Crippen LogP contribution >= 0.6 is 11.3 Å². The monoisotopic (exact) mass is 210 g/mol. The quantitative estimate of drug-likeness (QED) is 0.810. The second-order valence-corrected chi connectivity index (χ2v) is 5.82. The van der Waals surface area contributed by atoms with Crippen LogP contribution in [0.5, 0.6) is 0 Å². The van der Waals surface area contributed by atoms with Crippen molar-refractivity contribution in [1.29, 1.82) is 0 Å². The van der Waals surface area contributed by atoms with E-state index >= 15 is 0 Å². The molecular formula is C12H18OS. The maximum Gasteiger partial charge on any atom is 0.0935 e. The van der Waals surface area contributed by atoms with Crippen LogP contribution in [0.15, 0.2) is 16.8 Å². The third kappa shape index (κ3) is 1.41. The Morgan fingerprint density at radius 2 is 2.29 bits per heavy atom. The van der Waals surface area contributed by atoms with Crippen molar-refractivity contribution in [2.45, 2.75) is 39.2 Å². The van der Waals surface area contributed by atoms with Crippen molar-refractivity contribution in [2.75, 3.05) is 0 Å². The molecule has 1 saturated carbocycles. The van der Waals surface area contributed by atoms with Gasteiger partial charge in [-0.2, -0.15) is 11.3 Å². The van der Waals surface area contributed by atoms with Crippen LogP contribution in [0.1, 0.15) is 39.2 Å². The van der Waals surface area contributed by atoms with E-state index in [0.717, 1.165) is 18.4 Å². The van der Waals surface area contributed by atoms with Crippen molar-refractivity contribution in [2.24, 2.45) is 11.3 Å². The zero-order chi connectivity index (χ0) is 10.4. The van der Waals surface area contributed by atoms with Crippen molar-refractivity contribution in [3.63, 3.8) is 0 Å². The first-order valence-electron chi connectivity index (χ1n) is 5.26. The average Bonchev–Trinajstić information content (AvgIpc) is 2.62. The summed E-state index contributed by atoms with van der Waals surface area (Å²) in [5, 5.41) is 14.8. The summed E-state index contributed by atoms with van der Waals surface area (Å²) in [5.74, 6) is 0.439. The molecule has 2 atom stereocenters. The van der Waals surface area contributed by atoms with Crippen LogP contribution in [0.2, 0.25) is 0 Å². The van der Waals surface area contributed by atoms with Crippen molar-refractivity contribution in [3.8, 4) is 0 Å². The Morgan fingerprint density at radius 1 is 1.64 bits per heavy atom. The van der Waals surface area contributed by atoms with E-state index in [-0.39, 0.29) is 0 Å². The fourth-order valence-corrected chi connectivity index (χ4v) is 3.18. The fourth-order valence-electron chi connectivity index (χ4n) is 2.44. The summed E-state index contributed by atoms with van der Waals surface area (Å²) >= 11 is 1.67. The van der Waals surface area contributed by atoms with Gasteiger partial charge in [-0.15, -0.1) is 0 Å². The number of aliphatic hydroxyl groups is 1. The summed E-state index contributed by atoms with van der Waals surface area (Å²) in [6.45, 7) is 6.56. The Morgan fingerprint density at radius 3 is 2.64 bits per heavy atom. The lowest BCUT2D eigenvalue weighted by Crippen LogP contribution is -2.28. The zero-order valence-electron chi connectivity index (χ0n) is 9.08. The van der Waals surface area contributed by atoms with Gasteiger partial charge in [0.2, 0.25) is 0 Å². The van der Waals surface area contributed by atoms with Gasteiger partial charge in [-0.05, 0) is 46.6 Å². The van der Waals surface area contributed by atoms with E-state index in [4.69, 9.17) is 0 Å². The van der Waals surface area contributed by atoms with Crippen LogP contribution in [0, 0.1) is 11.3 Å². The lowest BCUT2D eigenvalue weighted by molar-refractivity contribution is -0.00207. The van der Waals surface area contributed by atoms with Gasteiger partial charge >= 0.3 is 0 Å². The van der Waals surface area contributed by atoms with Crippen LogP contribution in [0.3, 0.4) is 0 Å². The van der Waals surface area contributed by atoms with E-state index in [0.29, 0.717) is 11.3 Å². The number of thiophene rings is 1. The summed E-state index contributed by atoms with van der Waals surface area (Å²) in [7, 11) is 0. The lowest BCUT2D eigenvalue weighted by Gasteiger charge is -2.28. The molecule has 2 unspecified atom stereocenters. The molecule has 2 rings (SSSR count). The fraction of sp³-hybridized carbons (Fsp3) is 0.667. The standard InChI is InChI=1S/C12H18OS/c1-4-12(13,9-5-6-14-8-9)10-7-11(10,2)3/h5-6,8,10,13H,4,7H2,1-3H3. The van der Waals surface area contributed by atoms with Gasteiger partial charge in [-0.25, -0.2) is 0 Å². The summed E-state index contributed by atoms with van der Waals surface area (Å²) in [5.41, 5.74) is 0.858. The highest BCUT2D eigenvalue weighted by atomic mass is 32.1. The summed E-state index contributed by atoms with van der Waals surface area (Å²) in [6, 6.07) is 2.06. The molecule has 1 nitrogen and oxygen atoms in total. The summed E-state index contributed by atoms with van der Waals surface area (Å²) in [4.78, 5) is 0. The van der Waals surface area contributed by atoms with Gasteiger partial charge in [0.1, 0.15) is 0 Å². The molecule has 0 aromatic carbocycles. The summed E-state index contributed by atoms with van der Waals surface area (Å²) in [6.07, 6.45) is 1.96. The molecule has 0 radical (unpaired) electrons. The van der Waals surface area contributed by atoms with E-state index < -0.39 is 5.60 Å². The van der Waals surface area contributed by atoms with Gasteiger partial charge in [-0.3, -0.25) is 0 Å². The predicted octanol–water partition coefficient (Wildman–Crippen LogP) is 3.39. The number of hydrogen-bond donors (Lipinski definition) is 1. The van der Waals surface area contributed by atoms with Gasteiger partial charge in [0, 0.05) is 0 Å². The topological polar surface area (TPSA) is 20.2 Å². The second kappa shape index (κ2) is 3.07. The summed E-state index contributed by atoms with van der Waals surface area (Å²) < 4.78 is 0. The zero-order valence-corrected chi connectivity index (χ0v) is 9.90. The van der Waals surface area contributed by atoms with Crippen molar-refractivity contribution in [1.82, 2.24) is 0 Å². The van der Waals surface area contributed by atoms with Gasteiger partial charge in [0.15, 0.2) is 0 Å². The lowest BCUT2D eigenvalue weighted by atomic mass is 9.85. The molecule has 1 N–H and O–H groups in total. The first-order valence-corrected chi connectivity index (χ1v) is 6.20. The average molecular weight is 210 g/mol. The van der Waals surface area contributed by atoms with E-state index in [1.807, 2.05) is 5.38 Å². The van der Waals surface area contributed by atoms with Crippen LogP contribution in [0.25, 0.3) is 0 Å². The maximum absolute atomic E-state index is 10.7. The van der Waals surface area contributed by atoms with E-state index in [1.54, 1.807) is 11.3 Å². The molecule has 1 fully saturated rings. The van der Waals surface area contributed by atoms with Crippen molar-refractivity contribution >= 4 is 11.3 Å². The minimum absolute atomic E-state index is 0.326. The molecule has 1 heterocycles. The van der Waals surface area contributed by atoms with Crippen molar-refractivity contribution in [3.05, 3.63) is 22.4 Å². The maximum atomic E-state index is 10.7. The highest BCUT2D eigenvalue weighted by Crippen LogP contribution is 2.61. The van der Waals surface area contributed by atoms with E-state index in [2.05, 4.69) is 32.2 Å². The Hall–Kier alpha value is -0.340. The van der Waals surface area contributed by atoms with Crippen LogP contribution in [0.4, 0.5) is 0 Å². The molecule has 2 heteroatoms. The van der Waals surface area contributed by atoms with Crippen LogP contribution < -0.4 is 0 Å². The third-order valence-electron chi connectivity index (χ3n) is 3.65. The normalized spacial score (nSPS) is 28.4. The van der Waals surface area contributed by atoms with Gasteiger partial charge in [-0.1, -0.05) is 20.8 Å². The molecule has 78 valence electrons. The predicted molar refractivity (Wildman–Crippen MR) is 60.4 cm³/mol. The largest absolute Gasteiger partial charge is 0.385 e. The highest BCUT2D eigenvalue weighted by Gasteiger charge is 2.57. The smallest absolute Gasteiger partial charge is 0.0935 e. The minimum Gasteiger partial charge on any atom is -0.385 e. The molecule has 0 aliphatic heterocycles. The Labute approximate surface area is 89.8 Å². The minimum atomic E-state index is -0.580. The molecule has 0 bridgehead atoms. The molecular weight excluding hydrogens is 192 g/mol. The molecule has 0 saturated heterocycles. The van der Waals surface area contributed by atoms with Gasteiger partial charge < -0.3 is 5.11 Å². The van der Waals surface area contributed by atoms with Gasteiger partial charge in [0.05, 0.1) is 5.60 Å². The van der Waals surface area contributed by atoms with Crippen molar-refractivity contribution < 1.29 is 5.11 Å². The Balaban J connectivity index is 2.28. The van der Waals surface area contributed by atoms with E-state index in [9.17, 15) is 5.11 Å². The number of hydrogen-bond acceptors (Lipinski definition) is 2. The molecule has 0 spiro atoms. The van der Waals surface area contributed by atoms with Crippen LogP contribution in [-0.4, -0.2) is 5.11 Å². The number of rotatable bonds is 3. The first-order chi connectivity index (χ1) is 6.50. The molecule has 1 aromatic heterocycles. The van der Waals surface area contributed by atoms with E-state index in [1.165, 1.54) is 0 Å².